The van der Waals surface area contributed by atoms with E-state index in [-0.39, 0.29) is 12.3 Å². The Hall–Kier alpha value is -1.85. The summed E-state index contributed by atoms with van der Waals surface area (Å²) in [4.78, 5) is 15.2. The second kappa shape index (κ2) is 4.44. The molecule has 0 spiro atoms. The van der Waals surface area contributed by atoms with Gasteiger partial charge in [-0.3, -0.25) is 9.79 Å². The van der Waals surface area contributed by atoms with Crippen LogP contribution in [0.25, 0.3) is 0 Å². The Balaban J connectivity index is 2.16. The summed E-state index contributed by atoms with van der Waals surface area (Å²) in [7, 11) is 0. The average molecular weight is 256 g/mol. The molecule has 0 saturated carbocycles. The molecule has 0 fully saturated rings. The highest BCUT2D eigenvalue weighted by molar-refractivity contribution is 6.06. The van der Waals surface area contributed by atoms with E-state index >= 15 is 0 Å². The number of aliphatic imine (C=N–C) groups is 1. The minimum Gasteiger partial charge on any atom is -0.312 e. The standard InChI is InChI=1S/C12H11F3N2O/c1-7-11(18)17-10(16-7)6-8-3-2-4-9(5-8)12(13,14)15/h2-5,7H,6H2,1H3,(H,16,17,18). The van der Waals surface area contributed by atoms with E-state index in [9.17, 15) is 18.0 Å². The topological polar surface area (TPSA) is 41.5 Å². The van der Waals surface area contributed by atoms with Gasteiger partial charge in [0.15, 0.2) is 0 Å². The van der Waals surface area contributed by atoms with Gasteiger partial charge in [-0.2, -0.15) is 13.2 Å². The van der Waals surface area contributed by atoms with Crippen LogP contribution in [0.2, 0.25) is 0 Å². The number of benzene rings is 1. The first-order valence-corrected chi connectivity index (χ1v) is 5.40. The molecule has 1 aliphatic heterocycles. The van der Waals surface area contributed by atoms with Gasteiger partial charge in [0.2, 0.25) is 5.91 Å². The molecule has 1 unspecified atom stereocenters. The predicted octanol–water partition coefficient (Wildman–Crippen LogP) is 2.16. The SMILES string of the molecule is CC1N=C(Cc2cccc(C(F)(F)F)c2)NC1=O. The quantitative estimate of drug-likeness (QED) is 0.865. The van der Waals surface area contributed by atoms with Crippen LogP contribution in [0.15, 0.2) is 29.3 Å². The van der Waals surface area contributed by atoms with E-state index in [4.69, 9.17) is 0 Å². The van der Waals surface area contributed by atoms with Crippen molar-refractivity contribution in [3.05, 3.63) is 35.4 Å². The lowest BCUT2D eigenvalue weighted by Crippen LogP contribution is -2.28. The molecule has 18 heavy (non-hydrogen) atoms. The zero-order valence-corrected chi connectivity index (χ0v) is 9.58. The fourth-order valence-electron chi connectivity index (χ4n) is 1.71. The third-order valence-electron chi connectivity index (χ3n) is 2.62. The lowest BCUT2D eigenvalue weighted by molar-refractivity contribution is -0.137. The number of hydrogen-bond donors (Lipinski definition) is 1. The van der Waals surface area contributed by atoms with E-state index in [1.165, 1.54) is 6.07 Å². The first-order valence-electron chi connectivity index (χ1n) is 5.40. The molecule has 1 amide bonds. The number of nitrogens with one attached hydrogen (secondary N) is 1. The number of nitrogens with zero attached hydrogens (tertiary/aromatic N) is 1. The summed E-state index contributed by atoms with van der Waals surface area (Å²) in [6.07, 6.45) is -4.16. The van der Waals surface area contributed by atoms with Crippen molar-refractivity contribution in [2.75, 3.05) is 0 Å². The van der Waals surface area contributed by atoms with Crippen LogP contribution in [0.3, 0.4) is 0 Å². The number of carbonyl (C=O) groups is 1. The van der Waals surface area contributed by atoms with Gasteiger partial charge in [-0.25, -0.2) is 0 Å². The van der Waals surface area contributed by atoms with Crippen LogP contribution in [0.5, 0.6) is 0 Å². The van der Waals surface area contributed by atoms with Crippen molar-refractivity contribution in [3.8, 4) is 0 Å². The normalized spacial score (nSPS) is 19.7. The molecule has 1 N–H and O–H groups in total. The number of halogens is 3. The summed E-state index contributed by atoms with van der Waals surface area (Å²) < 4.78 is 37.5. The fraction of sp³-hybridized carbons (Fsp3) is 0.333. The summed E-state index contributed by atoms with van der Waals surface area (Å²) >= 11 is 0. The highest BCUT2D eigenvalue weighted by atomic mass is 19.4. The van der Waals surface area contributed by atoms with Gasteiger partial charge in [0, 0.05) is 6.42 Å². The number of hydrogen-bond acceptors (Lipinski definition) is 2. The molecule has 6 heteroatoms. The molecule has 1 aliphatic rings. The van der Waals surface area contributed by atoms with Crippen LogP contribution in [0.1, 0.15) is 18.1 Å². The molecule has 0 bridgehead atoms. The van der Waals surface area contributed by atoms with Crippen molar-refractivity contribution in [2.24, 2.45) is 4.99 Å². The van der Waals surface area contributed by atoms with E-state index in [0.717, 1.165) is 12.1 Å². The van der Waals surface area contributed by atoms with E-state index in [2.05, 4.69) is 10.3 Å². The Morgan fingerprint density at radius 3 is 2.67 bits per heavy atom. The Morgan fingerprint density at radius 2 is 2.11 bits per heavy atom. The van der Waals surface area contributed by atoms with E-state index in [0.29, 0.717) is 11.4 Å². The summed E-state index contributed by atoms with van der Waals surface area (Å²) in [6, 6.07) is 4.54. The highest BCUT2D eigenvalue weighted by Crippen LogP contribution is 2.29. The van der Waals surface area contributed by atoms with Crippen molar-refractivity contribution in [1.82, 2.24) is 5.32 Å². The lowest BCUT2D eigenvalue weighted by Gasteiger charge is -2.08. The van der Waals surface area contributed by atoms with Crippen molar-refractivity contribution < 1.29 is 18.0 Å². The third kappa shape index (κ3) is 2.69. The van der Waals surface area contributed by atoms with Crippen LogP contribution >= 0.6 is 0 Å². The van der Waals surface area contributed by atoms with E-state index in [1.54, 1.807) is 13.0 Å². The monoisotopic (exact) mass is 256 g/mol. The molecule has 0 aliphatic carbocycles. The molecule has 0 aromatic heterocycles. The van der Waals surface area contributed by atoms with Gasteiger partial charge in [0.25, 0.3) is 0 Å². The van der Waals surface area contributed by atoms with Gasteiger partial charge < -0.3 is 5.32 Å². The molecule has 2 rings (SSSR count). The Kier molecular flexibility index (Phi) is 3.11. The molecule has 1 atom stereocenters. The Morgan fingerprint density at radius 1 is 1.39 bits per heavy atom. The van der Waals surface area contributed by atoms with Crippen LogP contribution in [-0.4, -0.2) is 17.8 Å². The van der Waals surface area contributed by atoms with Gasteiger partial charge in [-0.1, -0.05) is 18.2 Å². The van der Waals surface area contributed by atoms with Crippen molar-refractivity contribution in [2.45, 2.75) is 25.6 Å². The third-order valence-corrected chi connectivity index (χ3v) is 2.62. The van der Waals surface area contributed by atoms with Crippen LogP contribution < -0.4 is 5.32 Å². The first kappa shape index (κ1) is 12.6. The van der Waals surface area contributed by atoms with Crippen LogP contribution in [0, 0.1) is 0 Å². The number of alkyl halides is 3. The number of carbonyl (C=O) groups excluding carboxylic acids is 1. The minimum absolute atomic E-state index is 0.194. The molecule has 1 heterocycles. The van der Waals surface area contributed by atoms with Gasteiger partial charge in [-0.15, -0.1) is 0 Å². The van der Waals surface area contributed by atoms with Crippen LogP contribution in [0.4, 0.5) is 13.2 Å². The molecular formula is C12H11F3N2O. The minimum atomic E-state index is -4.36. The van der Waals surface area contributed by atoms with Gasteiger partial charge >= 0.3 is 6.18 Å². The smallest absolute Gasteiger partial charge is 0.312 e. The van der Waals surface area contributed by atoms with Gasteiger partial charge in [-0.05, 0) is 18.6 Å². The summed E-state index contributed by atoms with van der Waals surface area (Å²) in [5.41, 5.74) is -0.226. The van der Waals surface area contributed by atoms with E-state index in [1.807, 2.05) is 0 Å². The molecule has 1 aromatic carbocycles. The molecule has 1 aromatic rings. The zero-order valence-electron chi connectivity index (χ0n) is 9.58. The van der Waals surface area contributed by atoms with Crippen molar-refractivity contribution >= 4 is 11.7 Å². The molecule has 3 nitrogen and oxygen atoms in total. The Labute approximate surface area is 102 Å². The largest absolute Gasteiger partial charge is 0.416 e. The predicted molar refractivity (Wildman–Crippen MR) is 60.2 cm³/mol. The molecule has 0 saturated heterocycles. The van der Waals surface area contributed by atoms with Crippen LogP contribution in [-0.2, 0) is 17.4 Å². The average Bonchev–Trinajstić information content (AvgIpc) is 2.57. The second-order valence-electron chi connectivity index (χ2n) is 4.12. The number of rotatable bonds is 2. The van der Waals surface area contributed by atoms with Crippen molar-refractivity contribution in [1.29, 1.82) is 0 Å². The fourth-order valence-corrected chi connectivity index (χ4v) is 1.71. The maximum Gasteiger partial charge on any atom is 0.416 e. The number of amides is 1. The maximum absolute atomic E-state index is 12.5. The molecule has 0 radical (unpaired) electrons. The summed E-state index contributed by atoms with van der Waals surface area (Å²) in [5, 5.41) is 2.54. The van der Waals surface area contributed by atoms with Crippen molar-refractivity contribution in [3.63, 3.8) is 0 Å². The number of amidine groups is 1. The van der Waals surface area contributed by atoms with Gasteiger partial charge in [0.1, 0.15) is 11.9 Å². The van der Waals surface area contributed by atoms with Gasteiger partial charge in [0.05, 0.1) is 5.56 Å². The first-order chi connectivity index (χ1) is 8.36. The van der Waals surface area contributed by atoms with E-state index < -0.39 is 17.8 Å². The summed E-state index contributed by atoms with van der Waals surface area (Å²) in [5.74, 6) is 0.184. The zero-order chi connectivity index (χ0) is 13.3. The summed E-state index contributed by atoms with van der Waals surface area (Å²) in [6.45, 7) is 1.63. The molecular weight excluding hydrogens is 245 g/mol. The highest BCUT2D eigenvalue weighted by Gasteiger charge is 2.30. The lowest BCUT2D eigenvalue weighted by atomic mass is 10.1. The second-order valence-corrected chi connectivity index (χ2v) is 4.12. The molecule has 96 valence electrons. The maximum atomic E-state index is 12.5. The Bertz CT molecular complexity index is 508.